The van der Waals surface area contributed by atoms with Gasteiger partial charge in [-0.05, 0) is 23.7 Å². The van der Waals surface area contributed by atoms with Crippen LogP contribution in [0.25, 0.3) is 10.8 Å². The van der Waals surface area contributed by atoms with Gasteiger partial charge >= 0.3 is 0 Å². The Morgan fingerprint density at radius 2 is 1.50 bits per heavy atom. The number of fused-ring (bicyclic) bond motifs is 1. The summed E-state index contributed by atoms with van der Waals surface area (Å²) in [4.78, 5) is 14.8. The zero-order valence-corrected chi connectivity index (χ0v) is 15.9. The van der Waals surface area contributed by atoms with E-state index in [1.165, 1.54) is 11.1 Å². The second-order valence-electron chi connectivity index (χ2n) is 7.16. The summed E-state index contributed by atoms with van der Waals surface area (Å²) in [6.45, 7) is 1.53. The van der Waals surface area contributed by atoms with E-state index in [0.29, 0.717) is 13.0 Å². The maximum absolute atomic E-state index is 12.6. The fourth-order valence-corrected chi connectivity index (χ4v) is 3.64. The summed E-state index contributed by atoms with van der Waals surface area (Å²) >= 11 is 0. The lowest BCUT2D eigenvalue weighted by atomic mass is 10.0. The molecule has 4 heteroatoms. The van der Waals surface area contributed by atoms with Gasteiger partial charge in [-0.3, -0.25) is 9.69 Å². The van der Waals surface area contributed by atoms with E-state index in [1.54, 1.807) is 0 Å². The highest BCUT2D eigenvalue weighted by Crippen LogP contribution is 2.21. The number of H-pyrrole nitrogens is 1. The number of hydrogen-bond acceptors (Lipinski definition) is 3. The van der Waals surface area contributed by atoms with Crippen LogP contribution in [0.2, 0.25) is 0 Å². The molecule has 28 heavy (non-hydrogen) atoms. The Hall–Kier alpha value is -3.24. The van der Waals surface area contributed by atoms with Crippen molar-refractivity contribution in [2.24, 2.45) is 0 Å². The molecule has 0 atom stereocenters. The van der Waals surface area contributed by atoms with E-state index in [0.717, 1.165) is 28.6 Å². The number of aromatic nitrogens is 2. The third kappa shape index (κ3) is 4.02. The van der Waals surface area contributed by atoms with Crippen molar-refractivity contribution in [2.45, 2.75) is 19.5 Å². The topological polar surface area (TPSA) is 49.0 Å². The Balaban J connectivity index is 1.66. The van der Waals surface area contributed by atoms with E-state index in [1.807, 2.05) is 54.6 Å². The second-order valence-corrected chi connectivity index (χ2v) is 7.16. The lowest BCUT2D eigenvalue weighted by Crippen LogP contribution is -2.20. The predicted octanol–water partition coefficient (Wildman–Crippen LogP) is 4.15. The van der Waals surface area contributed by atoms with E-state index in [4.69, 9.17) is 0 Å². The molecular weight excluding hydrogens is 346 g/mol. The van der Waals surface area contributed by atoms with Gasteiger partial charge in [-0.1, -0.05) is 78.9 Å². The first-order chi connectivity index (χ1) is 13.7. The highest BCUT2D eigenvalue weighted by Gasteiger charge is 2.12. The maximum atomic E-state index is 12.6. The van der Waals surface area contributed by atoms with E-state index in [9.17, 15) is 4.79 Å². The molecule has 0 aliphatic carbocycles. The van der Waals surface area contributed by atoms with Gasteiger partial charge in [-0.2, -0.15) is 5.10 Å². The van der Waals surface area contributed by atoms with Gasteiger partial charge in [0.15, 0.2) is 0 Å². The van der Waals surface area contributed by atoms with Gasteiger partial charge in [0.2, 0.25) is 0 Å². The lowest BCUT2D eigenvalue weighted by molar-refractivity contribution is 0.320. The Bertz CT molecular complexity index is 1120. The Labute approximate surface area is 164 Å². The number of aromatic amines is 1. The van der Waals surface area contributed by atoms with Crippen molar-refractivity contribution in [2.75, 3.05) is 7.05 Å². The number of benzene rings is 3. The Kier molecular flexibility index (Phi) is 5.31. The van der Waals surface area contributed by atoms with Crippen LogP contribution in [0.5, 0.6) is 0 Å². The SMILES string of the molecule is CN(Cc1ccccc1)Cc1cccc2c(Cc3ccccc3)n[nH]c(=O)c12. The van der Waals surface area contributed by atoms with Crippen molar-refractivity contribution in [1.82, 2.24) is 15.1 Å². The highest BCUT2D eigenvalue weighted by molar-refractivity contribution is 5.86. The summed E-state index contributed by atoms with van der Waals surface area (Å²) in [6, 6.07) is 26.6. The van der Waals surface area contributed by atoms with Crippen LogP contribution in [0.3, 0.4) is 0 Å². The van der Waals surface area contributed by atoms with E-state index < -0.39 is 0 Å². The standard InChI is InChI=1S/C24H23N3O/c1-27(16-19-11-6-3-7-12-19)17-20-13-8-14-21-22(25-26-24(28)23(20)21)15-18-9-4-2-5-10-18/h2-14H,15-17H2,1H3,(H,26,28). The largest absolute Gasteiger partial charge is 0.298 e. The molecule has 4 rings (SSSR count). The van der Waals surface area contributed by atoms with Crippen LogP contribution < -0.4 is 5.56 Å². The van der Waals surface area contributed by atoms with Crippen LogP contribution in [0, 0.1) is 0 Å². The summed E-state index contributed by atoms with van der Waals surface area (Å²) in [5.41, 5.74) is 4.22. The van der Waals surface area contributed by atoms with Crippen molar-refractivity contribution in [3.63, 3.8) is 0 Å². The first-order valence-electron chi connectivity index (χ1n) is 9.46. The van der Waals surface area contributed by atoms with Crippen molar-refractivity contribution >= 4 is 10.8 Å². The Morgan fingerprint density at radius 3 is 2.21 bits per heavy atom. The Morgan fingerprint density at radius 1 is 0.821 bits per heavy atom. The smallest absolute Gasteiger partial charge is 0.272 e. The minimum absolute atomic E-state index is 0.129. The third-order valence-corrected chi connectivity index (χ3v) is 4.93. The van der Waals surface area contributed by atoms with Gasteiger partial charge in [0.1, 0.15) is 0 Å². The van der Waals surface area contributed by atoms with Crippen LogP contribution in [0.4, 0.5) is 0 Å². The summed E-state index contributed by atoms with van der Waals surface area (Å²) in [7, 11) is 2.08. The van der Waals surface area contributed by atoms with Gasteiger partial charge < -0.3 is 0 Å². The summed E-state index contributed by atoms with van der Waals surface area (Å²) in [6.07, 6.45) is 0.692. The van der Waals surface area contributed by atoms with Crippen molar-refractivity contribution in [1.29, 1.82) is 0 Å². The lowest BCUT2D eigenvalue weighted by Gasteiger charge is -2.18. The van der Waals surface area contributed by atoms with Crippen molar-refractivity contribution < 1.29 is 0 Å². The normalized spacial score (nSPS) is 11.2. The molecule has 1 N–H and O–H groups in total. The van der Waals surface area contributed by atoms with Gasteiger partial charge in [-0.25, -0.2) is 5.10 Å². The molecule has 0 saturated heterocycles. The molecule has 1 heterocycles. The first-order valence-corrected chi connectivity index (χ1v) is 9.46. The minimum atomic E-state index is -0.129. The van der Waals surface area contributed by atoms with Crippen LogP contribution in [-0.4, -0.2) is 22.1 Å². The fourth-order valence-electron chi connectivity index (χ4n) is 3.64. The molecule has 0 radical (unpaired) electrons. The second kappa shape index (κ2) is 8.19. The van der Waals surface area contributed by atoms with Crippen LogP contribution in [0.15, 0.2) is 83.7 Å². The summed E-state index contributed by atoms with van der Waals surface area (Å²) in [5.74, 6) is 0. The molecular formula is C24H23N3O. The fraction of sp³-hybridized carbons (Fsp3) is 0.167. The number of rotatable bonds is 6. The zero-order chi connectivity index (χ0) is 19.3. The van der Waals surface area contributed by atoms with Gasteiger partial charge in [0.25, 0.3) is 5.56 Å². The minimum Gasteiger partial charge on any atom is -0.298 e. The van der Waals surface area contributed by atoms with Crippen molar-refractivity contribution in [3.05, 3.63) is 112 Å². The van der Waals surface area contributed by atoms with E-state index in [-0.39, 0.29) is 5.56 Å². The number of nitrogens with zero attached hydrogens (tertiary/aromatic N) is 2. The van der Waals surface area contributed by atoms with Crippen molar-refractivity contribution in [3.8, 4) is 0 Å². The monoisotopic (exact) mass is 369 g/mol. The average Bonchev–Trinajstić information content (AvgIpc) is 2.72. The molecule has 0 amide bonds. The molecule has 0 unspecified atom stereocenters. The molecule has 0 fully saturated rings. The molecule has 140 valence electrons. The molecule has 0 aliphatic rings. The number of hydrogen-bond donors (Lipinski definition) is 1. The molecule has 4 nitrogen and oxygen atoms in total. The maximum Gasteiger partial charge on any atom is 0.272 e. The average molecular weight is 369 g/mol. The predicted molar refractivity (Wildman–Crippen MR) is 113 cm³/mol. The molecule has 3 aromatic carbocycles. The molecule has 0 saturated carbocycles. The zero-order valence-electron chi connectivity index (χ0n) is 15.9. The summed E-state index contributed by atoms with van der Waals surface area (Å²) in [5, 5.41) is 8.71. The first kappa shape index (κ1) is 18.1. The van der Waals surface area contributed by atoms with Gasteiger partial charge in [0, 0.05) is 24.9 Å². The number of nitrogens with one attached hydrogen (secondary N) is 1. The van der Waals surface area contributed by atoms with E-state index >= 15 is 0 Å². The third-order valence-electron chi connectivity index (χ3n) is 4.93. The van der Waals surface area contributed by atoms with Gasteiger partial charge in [0.05, 0.1) is 11.1 Å². The van der Waals surface area contributed by atoms with Gasteiger partial charge in [-0.15, -0.1) is 0 Å². The molecule has 0 aliphatic heterocycles. The highest BCUT2D eigenvalue weighted by atomic mass is 16.1. The van der Waals surface area contributed by atoms with E-state index in [2.05, 4.69) is 46.4 Å². The molecule has 0 spiro atoms. The van der Waals surface area contributed by atoms with Crippen LogP contribution in [-0.2, 0) is 19.5 Å². The summed E-state index contributed by atoms with van der Waals surface area (Å²) < 4.78 is 0. The van der Waals surface area contributed by atoms with Crippen LogP contribution >= 0.6 is 0 Å². The van der Waals surface area contributed by atoms with Crippen LogP contribution in [0.1, 0.15) is 22.4 Å². The molecule has 0 bridgehead atoms. The quantitative estimate of drug-likeness (QED) is 0.556. The molecule has 4 aromatic rings. The molecule has 1 aromatic heterocycles.